The number of aromatic nitrogens is 1. The third-order valence-electron chi connectivity index (χ3n) is 3.18. The number of halogens is 1. The fraction of sp³-hybridized carbons (Fsp3) is 0.615. The molecule has 0 spiro atoms. The summed E-state index contributed by atoms with van der Waals surface area (Å²) in [6.07, 6.45) is 3.18. The average molecular weight is 239 g/mol. The number of rotatable bonds is 2. The van der Waals surface area contributed by atoms with Crippen LogP contribution in [-0.2, 0) is 5.88 Å². The lowest BCUT2D eigenvalue weighted by atomic mass is 9.92. The van der Waals surface area contributed by atoms with Gasteiger partial charge in [0.15, 0.2) is 0 Å². The molecular weight excluding hydrogens is 220 g/mol. The SMILES string of the molecule is CC1CC(C)CN(c2ncccc2CCl)C1. The van der Waals surface area contributed by atoms with Crippen LogP contribution >= 0.6 is 11.6 Å². The van der Waals surface area contributed by atoms with E-state index in [0.29, 0.717) is 5.88 Å². The predicted octanol–water partition coefficient (Wildman–Crippen LogP) is 3.30. The first kappa shape index (κ1) is 11.7. The van der Waals surface area contributed by atoms with Crippen LogP contribution < -0.4 is 4.90 Å². The smallest absolute Gasteiger partial charge is 0.132 e. The standard InChI is InChI=1S/C13H19ClN2/c1-10-6-11(2)9-16(8-10)13-12(7-14)4-3-5-15-13/h3-5,10-11H,6-9H2,1-2H3. The molecule has 3 heteroatoms. The molecule has 2 nitrogen and oxygen atoms in total. The minimum atomic E-state index is 0.544. The molecule has 0 bridgehead atoms. The van der Waals surface area contributed by atoms with Gasteiger partial charge in [0.2, 0.25) is 0 Å². The van der Waals surface area contributed by atoms with Crippen LogP contribution in [-0.4, -0.2) is 18.1 Å². The zero-order valence-corrected chi connectivity index (χ0v) is 10.7. The van der Waals surface area contributed by atoms with Crippen LogP contribution in [0.1, 0.15) is 25.8 Å². The fourth-order valence-electron chi connectivity index (χ4n) is 2.66. The van der Waals surface area contributed by atoms with Gasteiger partial charge in [0.25, 0.3) is 0 Å². The van der Waals surface area contributed by atoms with Gasteiger partial charge in [-0.3, -0.25) is 0 Å². The number of anilines is 1. The number of alkyl halides is 1. The summed E-state index contributed by atoms with van der Waals surface area (Å²) in [4.78, 5) is 6.87. The molecule has 0 N–H and O–H groups in total. The maximum Gasteiger partial charge on any atom is 0.132 e. The van der Waals surface area contributed by atoms with E-state index in [9.17, 15) is 0 Å². The van der Waals surface area contributed by atoms with Gasteiger partial charge >= 0.3 is 0 Å². The van der Waals surface area contributed by atoms with E-state index in [2.05, 4.69) is 29.8 Å². The summed E-state index contributed by atoms with van der Waals surface area (Å²) in [5.74, 6) is 3.11. The first-order chi connectivity index (χ1) is 7.70. The number of hydrogen-bond acceptors (Lipinski definition) is 2. The van der Waals surface area contributed by atoms with Crippen molar-refractivity contribution in [3.63, 3.8) is 0 Å². The van der Waals surface area contributed by atoms with Crippen LogP contribution in [0.4, 0.5) is 5.82 Å². The summed E-state index contributed by atoms with van der Waals surface area (Å²) >= 11 is 5.96. The summed E-state index contributed by atoms with van der Waals surface area (Å²) < 4.78 is 0. The molecule has 1 aliphatic rings. The van der Waals surface area contributed by atoms with E-state index in [-0.39, 0.29) is 0 Å². The predicted molar refractivity (Wildman–Crippen MR) is 69.0 cm³/mol. The van der Waals surface area contributed by atoms with Crippen molar-refractivity contribution in [3.05, 3.63) is 23.9 Å². The van der Waals surface area contributed by atoms with Crippen molar-refractivity contribution >= 4 is 17.4 Å². The Hall–Kier alpha value is -0.760. The third kappa shape index (κ3) is 2.49. The zero-order chi connectivity index (χ0) is 11.5. The first-order valence-corrected chi connectivity index (χ1v) is 6.49. The molecule has 1 fully saturated rings. The van der Waals surface area contributed by atoms with E-state index < -0.39 is 0 Å². The van der Waals surface area contributed by atoms with Gasteiger partial charge in [-0.15, -0.1) is 11.6 Å². The van der Waals surface area contributed by atoms with Gasteiger partial charge in [-0.25, -0.2) is 4.98 Å². The Morgan fingerprint density at radius 3 is 2.69 bits per heavy atom. The van der Waals surface area contributed by atoms with E-state index in [1.807, 2.05) is 12.3 Å². The highest BCUT2D eigenvalue weighted by molar-refractivity contribution is 6.17. The maximum atomic E-state index is 5.96. The molecular formula is C13H19ClN2. The second-order valence-corrected chi connectivity index (χ2v) is 5.24. The second kappa shape index (κ2) is 5.05. The summed E-state index contributed by atoms with van der Waals surface area (Å²) in [6.45, 7) is 6.83. The van der Waals surface area contributed by atoms with Gasteiger partial charge in [0.05, 0.1) is 5.88 Å². The van der Waals surface area contributed by atoms with Crippen molar-refractivity contribution in [2.45, 2.75) is 26.1 Å². The Balaban J connectivity index is 2.22. The molecule has 1 saturated heterocycles. The molecule has 1 aromatic heterocycles. The van der Waals surface area contributed by atoms with Crippen molar-refractivity contribution in [2.75, 3.05) is 18.0 Å². The summed E-state index contributed by atoms with van der Waals surface area (Å²) in [7, 11) is 0. The Kier molecular flexibility index (Phi) is 3.70. The molecule has 2 heterocycles. The fourth-order valence-corrected chi connectivity index (χ4v) is 2.86. The van der Waals surface area contributed by atoms with E-state index in [1.165, 1.54) is 6.42 Å². The molecule has 0 saturated carbocycles. The largest absolute Gasteiger partial charge is 0.356 e. The van der Waals surface area contributed by atoms with Crippen LogP contribution in [0, 0.1) is 11.8 Å². The number of pyridine rings is 1. The van der Waals surface area contributed by atoms with Crippen molar-refractivity contribution in [3.8, 4) is 0 Å². The monoisotopic (exact) mass is 238 g/mol. The summed E-state index contributed by atoms with van der Waals surface area (Å²) in [5, 5.41) is 0. The average Bonchev–Trinajstić information content (AvgIpc) is 2.27. The Morgan fingerprint density at radius 1 is 1.38 bits per heavy atom. The Bertz CT molecular complexity index is 344. The lowest BCUT2D eigenvalue weighted by molar-refractivity contribution is 0.355. The molecule has 0 aliphatic carbocycles. The van der Waals surface area contributed by atoms with Crippen molar-refractivity contribution in [1.29, 1.82) is 0 Å². The molecule has 16 heavy (non-hydrogen) atoms. The molecule has 2 rings (SSSR count). The van der Waals surface area contributed by atoms with Gasteiger partial charge in [-0.05, 0) is 24.3 Å². The highest BCUT2D eigenvalue weighted by atomic mass is 35.5. The minimum absolute atomic E-state index is 0.544. The van der Waals surface area contributed by atoms with Crippen LogP contribution in [0.2, 0.25) is 0 Å². The van der Waals surface area contributed by atoms with Crippen molar-refractivity contribution in [2.24, 2.45) is 11.8 Å². The highest BCUT2D eigenvalue weighted by Crippen LogP contribution is 2.27. The molecule has 0 radical (unpaired) electrons. The van der Waals surface area contributed by atoms with Crippen molar-refractivity contribution < 1.29 is 0 Å². The molecule has 2 unspecified atom stereocenters. The topological polar surface area (TPSA) is 16.1 Å². The zero-order valence-electron chi connectivity index (χ0n) is 9.99. The van der Waals surface area contributed by atoms with Gasteiger partial charge in [-0.2, -0.15) is 0 Å². The molecule has 1 aromatic rings. The highest BCUT2D eigenvalue weighted by Gasteiger charge is 2.23. The van der Waals surface area contributed by atoms with E-state index in [0.717, 1.165) is 36.3 Å². The number of hydrogen-bond donors (Lipinski definition) is 0. The lowest BCUT2D eigenvalue weighted by Gasteiger charge is -2.36. The number of nitrogens with zero attached hydrogens (tertiary/aromatic N) is 2. The minimum Gasteiger partial charge on any atom is -0.356 e. The third-order valence-corrected chi connectivity index (χ3v) is 3.47. The van der Waals surface area contributed by atoms with Gasteiger partial charge in [-0.1, -0.05) is 19.9 Å². The molecule has 2 atom stereocenters. The quantitative estimate of drug-likeness (QED) is 0.735. The summed E-state index contributed by atoms with van der Waals surface area (Å²) in [5.41, 5.74) is 1.14. The van der Waals surface area contributed by atoms with Gasteiger partial charge in [0, 0.05) is 24.8 Å². The molecule has 88 valence electrons. The van der Waals surface area contributed by atoms with Gasteiger partial charge < -0.3 is 4.90 Å². The molecule has 0 amide bonds. The van der Waals surface area contributed by atoms with Crippen LogP contribution in [0.5, 0.6) is 0 Å². The number of piperidine rings is 1. The summed E-state index contributed by atoms with van der Waals surface area (Å²) in [6, 6.07) is 4.03. The van der Waals surface area contributed by atoms with Gasteiger partial charge in [0.1, 0.15) is 5.82 Å². The molecule has 0 aromatic carbocycles. The van der Waals surface area contributed by atoms with Crippen LogP contribution in [0.3, 0.4) is 0 Å². The van der Waals surface area contributed by atoms with E-state index >= 15 is 0 Å². The lowest BCUT2D eigenvalue weighted by Crippen LogP contribution is -2.39. The first-order valence-electron chi connectivity index (χ1n) is 5.95. The van der Waals surface area contributed by atoms with Crippen molar-refractivity contribution in [1.82, 2.24) is 4.98 Å². The maximum absolute atomic E-state index is 5.96. The van der Waals surface area contributed by atoms with E-state index in [4.69, 9.17) is 11.6 Å². The Labute approximate surface area is 103 Å². The second-order valence-electron chi connectivity index (χ2n) is 4.97. The normalized spacial score (nSPS) is 25.8. The van der Waals surface area contributed by atoms with E-state index in [1.54, 1.807) is 0 Å². The van der Waals surface area contributed by atoms with Crippen LogP contribution in [0.25, 0.3) is 0 Å². The molecule has 1 aliphatic heterocycles. The van der Waals surface area contributed by atoms with Crippen LogP contribution in [0.15, 0.2) is 18.3 Å². The Morgan fingerprint density at radius 2 is 2.06 bits per heavy atom.